The van der Waals surface area contributed by atoms with E-state index in [1.807, 2.05) is 60.7 Å². The van der Waals surface area contributed by atoms with E-state index >= 15 is 0 Å². The quantitative estimate of drug-likeness (QED) is 0.0757. The van der Waals surface area contributed by atoms with E-state index in [1.165, 1.54) is 39.2 Å². The zero-order valence-corrected chi connectivity index (χ0v) is 27.5. The first-order valence-corrected chi connectivity index (χ1v) is 16.0. The minimum Gasteiger partial charge on any atom is -0.496 e. The first-order chi connectivity index (χ1) is 23.4. The molecule has 0 bridgehead atoms. The third-order valence-electron chi connectivity index (χ3n) is 7.34. The molecule has 0 saturated heterocycles. The van der Waals surface area contributed by atoms with Crippen LogP contribution in [0.15, 0.2) is 132 Å². The highest BCUT2D eigenvalue weighted by molar-refractivity contribution is 8.00. The molecule has 0 atom stereocenters. The van der Waals surface area contributed by atoms with Crippen LogP contribution in [0.2, 0.25) is 0 Å². The molecule has 48 heavy (non-hydrogen) atoms. The lowest BCUT2D eigenvalue weighted by Crippen LogP contribution is -2.30. The number of carbonyl (C=O) groups is 3. The number of hydrogen-bond acceptors (Lipinski definition) is 7. The minimum atomic E-state index is -0.562. The van der Waals surface area contributed by atoms with E-state index in [4.69, 9.17) is 14.2 Å². The monoisotopic (exact) mass is 658 g/mol. The number of hydrogen-bond donors (Lipinski definition) is 2. The second-order valence-corrected chi connectivity index (χ2v) is 11.5. The topological polar surface area (TPSA) is 103 Å². The lowest BCUT2D eigenvalue weighted by atomic mass is 10.0. The highest BCUT2D eigenvalue weighted by Gasteiger charge is 2.18. The first-order valence-electron chi connectivity index (χ1n) is 15.0. The van der Waals surface area contributed by atoms with Gasteiger partial charge in [-0.1, -0.05) is 78.9 Å². The van der Waals surface area contributed by atoms with Crippen molar-refractivity contribution < 1.29 is 28.6 Å². The average molecular weight is 659 g/mol. The van der Waals surface area contributed by atoms with E-state index in [-0.39, 0.29) is 17.2 Å². The van der Waals surface area contributed by atoms with Gasteiger partial charge >= 0.3 is 0 Å². The van der Waals surface area contributed by atoms with Crippen LogP contribution < -0.4 is 24.8 Å². The van der Waals surface area contributed by atoms with Gasteiger partial charge in [0.15, 0.2) is 17.3 Å². The smallest absolute Gasteiger partial charge is 0.272 e. The lowest BCUT2D eigenvalue weighted by molar-refractivity contribution is -0.113. The normalized spacial score (nSPS) is 10.9. The Bertz CT molecular complexity index is 1930. The van der Waals surface area contributed by atoms with Crippen LogP contribution in [0.1, 0.15) is 26.3 Å². The number of carbonyl (C=O) groups excluding carboxylic acids is 3. The van der Waals surface area contributed by atoms with Gasteiger partial charge in [-0.3, -0.25) is 14.4 Å². The van der Waals surface area contributed by atoms with E-state index in [1.54, 1.807) is 60.7 Å². The van der Waals surface area contributed by atoms with Crippen molar-refractivity contribution in [3.8, 4) is 28.4 Å². The predicted octanol–water partition coefficient (Wildman–Crippen LogP) is 7.76. The molecule has 0 aromatic heterocycles. The van der Waals surface area contributed by atoms with Crippen LogP contribution in [0.5, 0.6) is 17.2 Å². The molecule has 0 aliphatic heterocycles. The highest BCUT2D eigenvalue weighted by Crippen LogP contribution is 2.36. The minimum absolute atomic E-state index is 0.00763. The number of anilines is 1. The van der Waals surface area contributed by atoms with Crippen molar-refractivity contribution in [3.63, 3.8) is 0 Å². The number of thioether (sulfide) groups is 1. The maximum absolute atomic E-state index is 13.7. The van der Waals surface area contributed by atoms with Crippen LogP contribution in [0, 0.1) is 0 Å². The molecule has 0 aliphatic rings. The van der Waals surface area contributed by atoms with Gasteiger partial charge in [0.25, 0.3) is 11.8 Å². The molecule has 0 aliphatic carbocycles. The summed E-state index contributed by atoms with van der Waals surface area (Å²) in [5.41, 5.74) is 4.08. The van der Waals surface area contributed by atoms with Gasteiger partial charge in [-0.2, -0.15) is 0 Å². The Labute approximate surface area is 283 Å². The Kier molecular flexibility index (Phi) is 11.3. The Morgan fingerprint density at radius 3 is 1.94 bits per heavy atom. The molecule has 0 unspecified atom stereocenters. The van der Waals surface area contributed by atoms with Gasteiger partial charge in [0, 0.05) is 33.3 Å². The summed E-state index contributed by atoms with van der Waals surface area (Å²) >= 11 is 1.37. The van der Waals surface area contributed by atoms with Crippen LogP contribution in [0.3, 0.4) is 0 Å². The lowest BCUT2D eigenvalue weighted by Gasteiger charge is -2.15. The standard InChI is InChI=1S/C39H34N2O6S/c1-45-35-24-37(47-3)36(46-2)22-30(35)21-33(41-38(43)29-13-8-5-9-14-29)39(44)40-31-15-10-16-32(23-31)48-25-34(42)28-19-17-27(18-20-28)26-11-6-4-7-12-26/h4-24H,25H2,1-3H3,(H,40,44)(H,41,43)/b33-21-. The summed E-state index contributed by atoms with van der Waals surface area (Å²) in [5.74, 6) is 0.465. The third-order valence-corrected chi connectivity index (χ3v) is 8.33. The van der Waals surface area contributed by atoms with Crippen molar-refractivity contribution in [1.29, 1.82) is 0 Å². The predicted molar refractivity (Wildman–Crippen MR) is 190 cm³/mol. The van der Waals surface area contributed by atoms with Gasteiger partial charge in [0.1, 0.15) is 11.4 Å². The van der Waals surface area contributed by atoms with Crippen LogP contribution in [-0.4, -0.2) is 44.7 Å². The number of amides is 2. The summed E-state index contributed by atoms with van der Waals surface area (Å²) in [6.07, 6.45) is 1.51. The number of Topliss-reactive ketones (excluding diaryl/α,β-unsaturated/α-hetero) is 1. The van der Waals surface area contributed by atoms with E-state index in [9.17, 15) is 14.4 Å². The molecule has 0 fully saturated rings. The van der Waals surface area contributed by atoms with E-state index < -0.39 is 11.8 Å². The number of ketones is 1. The first kappa shape index (κ1) is 33.6. The zero-order chi connectivity index (χ0) is 33.9. The summed E-state index contributed by atoms with van der Waals surface area (Å²) in [6.45, 7) is 0. The number of ether oxygens (including phenoxy) is 3. The SMILES string of the molecule is COc1cc(OC)c(OC)cc1/C=C(\NC(=O)c1ccccc1)C(=O)Nc1cccc(SCC(=O)c2ccc(-c3ccccc3)cc2)c1. The second-order valence-electron chi connectivity index (χ2n) is 10.5. The Morgan fingerprint density at radius 1 is 0.646 bits per heavy atom. The Balaban J connectivity index is 1.33. The summed E-state index contributed by atoms with van der Waals surface area (Å²) in [4.78, 5) is 40.6. The number of rotatable bonds is 13. The molecular formula is C39H34N2O6S. The molecule has 5 aromatic rings. The summed E-state index contributed by atoms with van der Waals surface area (Å²) < 4.78 is 16.4. The van der Waals surface area contributed by atoms with Gasteiger partial charge in [-0.15, -0.1) is 11.8 Å². The fourth-order valence-electron chi connectivity index (χ4n) is 4.84. The Hall–Kier alpha value is -5.80. The maximum atomic E-state index is 13.7. The molecule has 242 valence electrons. The van der Waals surface area contributed by atoms with Crippen molar-refractivity contribution in [2.24, 2.45) is 0 Å². The van der Waals surface area contributed by atoms with Crippen LogP contribution >= 0.6 is 11.8 Å². The number of nitrogens with one attached hydrogen (secondary N) is 2. The van der Waals surface area contributed by atoms with Crippen molar-refractivity contribution in [2.45, 2.75) is 4.90 Å². The van der Waals surface area contributed by atoms with Gasteiger partial charge in [0.2, 0.25) is 0 Å². The summed E-state index contributed by atoms with van der Waals surface area (Å²) in [5, 5.41) is 5.61. The van der Waals surface area contributed by atoms with E-state index in [2.05, 4.69) is 10.6 Å². The fourth-order valence-corrected chi connectivity index (χ4v) is 5.69. The van der Waals surface area contributed by atoms with Crippen molar-refractivity contribution >= 4 is 41.1 Å². The van der Waals surface area contributed by atoms with Crippen molar-refractivity contribution in [3.05, 3.63) is 144 Å². The molecule has 0 saturated carbocycles. The average Bonchev–Trinajstić information content (AvgIpc) is 3.14. The molecule has 0 heterocycles. The molecule has 2 N–H and O–H groups in total. The number of methoxy groups -OCH3 is 3. The fraction of sp³-hybridized carbons (Fsp3) is 0.103. The van der Waals surface area contributed by atoms with Crippen LogP contribution in [-0.2, 0) is 4.79 Å². The van der Waals surface area contributed by atoms with Crippen LogP contribution in [0.4, 0.5) is 5.69 Å². The van der Waals surface area contributed by atoms with Crippen molar-refractivity contribution in [1.82, 2.24) is 5.32 Å². The maximum Gasteiger partial charge on any atom is 0.272 e. The van der Waals surface area contributed by atoms with Crippen LogP contribution in [0.25, 0.3) is 17.2 Å². The summed E-state index contributed by atoms with van der Waals surface area (Å²) in [6, 6.07) is 36.6. The van der Waals surface area contributed by atoms with Gasteiger partial charge in [0.05, 0.1) is 27.1 Å². The van der Waals surface area contributed by atoms with Gasteiger partial charge in [-0.25, -0.2) is 0 Å². The molecule has 5 aromatic carbocycles. The van der Waals surface area contributed by atoms with Gasteiger partial charge < -0.3 is 24.8 Å². The molecule has 9 heteroatoms. The molecule has 2 amide bonds. The Morgan fingerprint density at radius 2 is 1.27 bits per heavy atom. The van der Waals surface area contributed by atoms with E-state index in [0.29, 0.717) is 39.6 Å². The van der Waals surface area contributed by atoms with E-state index in [0.717, 1.165) is 16.0 Å². The highest BCUT2D eigenvalue weighted by atomic mass is 32.2. The largest absolute Gasteiger partial charge is 0.496 e. The number of benzene rings is 5. The van der Waals surface area contributed by atoms with Gasteiger partial charge in [-0.05, 0) is 53.6 Å². The molecule has 8 nitrogen and oxygen atoms in total. The molecule has 0 spiro atoms. The summed E-state index contributed by atoms with van der Waals surface area (Å²) in [7, 11) is 4.51. The molecule has 5 rings (SSSR count). The molecular weight excluding hydrogens is 625 g/mol. The zero-order valence-electron chi connectivity index (χ0n) is 26.7. The van der Waals surface area contributed by atoms with Crippen molar-refractivity contribution in [2.75, 3.05) is 32.4 Å². The second kappa shape index (κ2) is 16.2. The molecule has 0 radical (unpaired) electrons. The third kappa shape index (κ3) is 8.51.